The number of hydrogen-bond donors (Lipinski definition) is 0. The molecule has 126 valence electrons. The summed E-state index contributed by atoms with van der Waals surface area (Å²) in [5, 5.41) is 10.8. The van der Waals surface area contributed by atoms with E-state index in [9.17, 15) is 8.42 Å². The lowest BCUT2D eigenvalue weighted by Gasteiger charge is -2.21. The van der Waals surface area contributed by atoms with E-state index in [0.717, 1.165) is 16.3 Å². The second kappa shape index (κ2) is 7.47. The SMILES string of the molecule is N#CCCN(Cc1ccccc1)S(=O)(=O)c1ccc2ccccc2c1. The molecule has 0 heterocycles. The van der Waals surface area contributed by atoms with Crippen LogP contribution in [0.2, 0.25) is 0 Å². The van der Waals surface area contributed by atoms with Gasteiger partial charge in [0.15, 0.2) is 0 Å². The average Bonchev–Trinajstić information content (AvgIpc) is 2.65. The highest BCUT2D eigenvalue weighted by Gasteiger charge is 2.24. The topological polar surface area (TPSA) is 61.2 Å². The van der Waals surface area contributed by atoms with Crippen LogP contribution in [0.4, 0.5) is 0 Å². The number of sulfonamides is 1. The van der Waals surface area contributed by atoms with Crippen molar-refractivity contribution in [2.24, 2.45) is 0 Å². The molecule has 0 aromatic heterocycles. The largest absolute Gasteiger partial charge is 0.243 e. The molecule has 4 nitrogen and oxygen atoms in total. The highest BCUT2D eigenvalue weighted by molar-refractivity contribution is 7.89. The molecule has 0 atom stereocenters. The molecule has 0 N–H and O–H groups in total. The van der Waals surface area contributed by atoms with E-state index in [2.05, 4.69) is 0 Å². The summed E-state index contributed by atoms with van der Waals surface area (Å²) in [6.07, 6.45) is 0.152. The van der Waals surface area contributed by atoms with Gasteiger partial charge in [-0.1, -0.05) is 60.7 Å². The molecule has 0 saturated carbocycles. The summed E-state index contributed by atoms with van der Waals surface area (Å²) >= 11 is 0. The van der Waals surface area contributed by atoms with Gasteiger partial charge in [0, 0.05) is 19.5 Å². The van der Waals surface area contributed by atoms with Crippen molar-refractivity contribution in [1.29, 1.82) is 5.26 Å². The zero-order valence-corrected chi connectivity index (χ0v) is 14.5. The Morgan fingerprint density at radius 2 is 1.56 bits per heavy atom. The second-order valence-electron chi connectivity index (χ2n) is 5.74. The minimum atomic E-state index is -3.68. The predicted octanol–water partition coefficient (Wildman–Crippen LogP) is 3.94. The summed E-state index contributed by atoms with van der Waals surface area (Å²) in [4.78, 5) is 0.250. The highest BCUT2D eigenvalue weighted by Crippen LogP contribution is 2.23. The van der Waals surface area contributed by atoms with E-state index in [1.54, 1.807) is 12.1 Å². The van der Waals surface area contributed by atoms with Gasteiger partial charge in [0.2, 0.25) is 10.0 Å². The van der Waals surface area contributed by atoms with Crippen LogP contribution in [0.5, 0.6) is 0 Å². The van der Waals surface area contributed by atoms with Crippen molar-refractivity contribution in [2.75, 3.05) is 6.54 Å². The number of rotatable bonds is 6. The summed E-state index contributed by atoms with van der Waals surface area (Å²) in [5.41, 5.74) is 0.893. The fourth-order valence-electron chi connectivity index (χ4n) is 2.72. The summed E-state index contributed by atoms with van der Waals surface area (Å²) in [6, 6.07) is 24.2. The van der Waals surface area contributed by atoms with Crippen molar-refractivity contribution >= 4 is 20.8 Å². The Bertz CT molecular complexity index is 1010. The minimum Gasteiger partial charge on any atom is -0.207 e. The zero-order chi connectivity index (χ0) is 17.7. The van der Waals surface area contributed by atoms with Gasteiger partial charge in [0.1, 0.15) is 0 Å². The third kappa shape index (κ3) is 3.87. The molecule has 0 aliphatic heterocycles. The van der Waals surface area contributed by atoms with Gasteiger partial charge in [-0.25, -0.2) is 8.42 Å². The molecule has 3 aromatic carbocycles. The van der Waals surface area contributed by atoms with Crippen LogP contribution in [0.15, 0.2) is 77.7 Å². The van der Waals surface area contributed by atoms with Crippen molar-refractivity contribution < 1.29 is 8.42 Å². The van der Waals surface area contributed by atoms with Gasteiger partial charge in [-0.2, -0.15) is 9.57 Å². The Hall–Kier alpha value is -2.68. The van der Waals surface area contributed by atoms with Crippen LogP contribution < -0.4 is 0 Å². The third-order valence-electron chi connectivity index (χ3n) is 4.03. The second-order valence-corrected chi connectivity index (χ2v) is 7.68. The predicted molar refractivity (Wildman–Crippen MR) is 98.2 cm³/mol. The molecule has 5 heteroatoms. The molecule has 25 heavy (non-hydrogen) atoms. The van der Waals surface area contributed by atoms with Crippen LogP contribution in [0.3, 0.4) is 0 Å². The lowest BCUT2D eigenvalue weighted by Crippen LogP contribution is -2.31. The van der Waals surface area contributed by atoms with Crippen LogP contribution >= 0.6 is 0 Å². The smallest absolute Gasteiger partial charge is 0.207 e. The molecule has 0 fully saturated rings. The van der Waals surface area contributed by atoms with E-state index >= 15 is 0 Å². The third-order valence-corrected chi connectivity index (χ3v) is 5.87. The van der Waals surface area contributed by atoms with Crippen molar-refractivity contribution in [3.8, 4) is 6.07 Å². The molecule has 0 amide bonds. The maximum Gasteiger partial charge on any atom is 0.243 e. The number of nitrogens with zero attached hydrogens (tertiary/aromatic N) is 2. The molecule has 0 bridgehead atoms. The van der Waals surface area contributed by atoms with Gasteiger partial charge in [-0.15, -0.1) is 0 Å². The van der Waals surface area contributed by atoms with E-state index in [4.69, 9.17) is 5.26 Å². The average molecular weight is 350 g/mol. The fourth-order valence-corrected chi connectivity index (χ4v) is 4.19. The molecule has 0 aliphatic rings. The fraction of sp³-hybridized carbons (Fsp3) is 0.150. The van der Waals surface area contributed by atoms with Gasteiger partial charge in [-0.05, 0) is 28.5 Å². The Morgan fingerprint density at radius 1 is 0.880 bits per heavy atom. The first-order valence-electron chi connectivity index (χ1n) is 8.01. The lowest BCUT2D eigenvalue weighted by atomic mass is 10.1. The van der Waals surface area contributed by atoms with Gasteiger partial charge < -0.3 is 0 Å². The normalized spacial score (nSPS) is 11.5. The quantitative estimate of drug-likeness (QED) is 0.676. The molecule has 0 saturated heterocycles. The van der Waals surface area contributed by atoms with Crippen LogP contribution in [0.25, 0.3) is 10.8 Å². The lowest BCUT2D eigenvalue weighted by molar-refractivity contribution is 0.413. The molecule has 0 unspecified atom stereocenters. The minimum absolute atomic E-state index is 0.152. The van der Waals surface area contributed by atoms with Gasteiger partial charge in [-0.3, -0.25) is 0 Å². The van der Waals surface area contributed by atoms with Crippen LogP contribution in [0.1, 0.15) is 12.0 Å². The van der Waals surface area contributed by atoms with Crippen LogP contribution in [-0.4, -0.2) is 19.3 Å². The molecule has 3 aromatic rings. The molecule has 0 radical (unpaired) electrons. The highest BCUT2D eigenvalue weighted by atomic mass is 32.2. The number of fused-ring (bicyclic) bond motifs is 1. The molecular formula is C20H18N2O2S. The first-order valence-corrected chi connectivity index (χ1v) is 9.45. The zero-order valence-electron chi connectivity index (χ0n) is 13.7. The van der Waals surface area contributed by atoms with Gasteiger partial charge in [0.05, 0.1) is 11.0 Å². The van der Waals surface area contributed by atoms with E-state index in [0.29, 0.717) is 0 Å². The number of benzene rings is 3. The first kappa shape index (κ1) is 17.2. The molecule has 0 aliphatic carbocycles. The van der Waals surface area contributed by atoms with Crippen molar-refractivity contribution in [1.82, 2.24) is 4.31 Å². The van der Waals surface area contributed by atoms with E-state index in [-0.39, 0.29) is 24.4 Å². The monoisotopic (exact) mass is 350 g/mol. The first-order chi connectivity index (χ1) is 12.1. The standard InChI is InChI=1S/C20H18N2O2S/c21-13-6-14-22(16-17-7-2-1-3-8-17)25(23,24)20-12-11-18-9-4-5-10-19(18)15-20/h1-5,7-12,15H,6,14,16H2. The number of nitriles is 1. The molecule has 0 spiro atoms. The molecule has 3 rings (SSSR count). The summed E-state index contributed by atoms with van der Waals surface area (Å²) in [6.45, 7) is 0.415. The Morgan fingerprint density at radius 3 is 2.28 bits per heavy atom. The van der Waals surface area contributed by atoms with Crippen LogP contribution in [0, 0.1) is 11.3 Å². The van der Waals surface area contributed by atoms with E-state index in [1.807, 2.05) is 66.7 Å². The maximum atomic E-state index is 13.1. The van der Waals surface area contributed by atoms with Crippen molar-refractivity contribution in [2.45, 2.75) is 17.9 Å². The molecular weight excluding hydrogens is 332 g/mol. The van der Waals surface area contributed by atoms with Gasteiger partial charge in [0.25, 0.3) is 0 Å². The van der Waals surface area contributed by atoms with E-state index < -0.39 is 10.0 Å². The maximum absolute atomic E-state index is 13.1. The summed E-state index contributed by atoms with van der Waals surface area (Å²) in [5.74, 6) is 0. The summed E-state index contributed by atoms with van der Waals surface area (Å²) < 4.78 is 27.6. The number of hydrogen-bond acceptors (Lipinski definition) is 3. The Kier molecular flexibility index (Phi) is 5.13. The van der Waals surface area contributed by atoms with E-state index in [1.165, 1.54) is 4.31 Å². The van der Waals surface area contributed by atoms with Crippen LogP contribution in [-0.2, 0) is 16.6 Å². The Balaban J connectivity index is 1.98. The van der Waals surface area contributed by atoms with Crippen molar-refractivity contribution in [3.05, 3.63) is 78.4 Å². The van der Waals surface area contributed by atoms with Crippen molar-refractivity contribution in [3.63, 3.8) is 0 Å². The van der Waals surface area contributed by atoms with Gasteiger partial charge >= 0.3 is 0 Å². The summed E-state index contributed by atoms with van der Waals surface area (Å²) in [7, 11) is -3.68. The Labute approximate surface area is 148 Å².